The predicted octanol–water partition coefficient (Wildman–Crippen LogP) is 2.25. The summed E-state index contributed by atoms with van der Waals surface area (Å²) in [5.74, 6) is 2.64. The van der Waals surface area contributed by atoms with Crippen molar-refractivity contribution in [2.24, 2.45) is 0 Å². The Morgan fingerprint density at radius 3 is 2.76 bits per heavy atom. The smallest absolute Gasteiger partial charge is 0.176 e. The summed E-state index contributed by atoms with van der Waals surface area (Å²) in [5.41, 5.74) is 2.84. The number of aromatic nitrogens is 5. The summed E-state index contributed by atoms with van der Waals surface area (Å²) >= 11 is 0. The van der Waals surface area contributed by atoms with Gasteiger partial charge < -0.3 is 9.84 Å². The summed E-state index contributed by atoms with van der Waals surface area (Å²) in [4.78, 5) is 4.25. The Balaban J connectivity index is 1.74. The fraction of sp³-hybridized carbons (Fsp3) is 0.429. The van der Waals surface area contributed by atoms with Crippen LogP contribution in [0.15, 0.2) is 16.7 Å². The zero-order valence-electron chi connectivity index (χ0n) is 12.6. The van der Waals surface area contributed by atoms with Crippen molar-refractivity contribution in [1.29, 1.82) is 0 Å². The largest absolute Gasteiger partial charge is 0.368 e. The summed E-state index contributed by atoms with van der Waals surface area (Å²) in [6.07, 6.45) is 0. The minimum atomic E-state index is 0.284. The van der Waals surface area contributed by atoms with Crippen molar-refractivity contribution in [1.82, 2.24) is 25.0 Å². The summed E-state index contributed by atoms with van der Waals surface area (Å²) in [7, 11) is 0. The van der Waals surface area contributed by atoms with E-state index in [9.17, 15) is 0 Å². The Morgan fingerprint density at radius 1 is 1.24 bits per heavy atom. The van der Waals surface area contributed by atoms with E-state index < -0.39 is 0 Å². The Morgan fingerprint density at radius 2 is 2.05 bits per heavy atom. The van der Waals surface area contributed by atoms with E-state index in [1.807, 2.05) is 32.9 Å². The molecule has 0 bridgehead atoms. The van der Waals surface area contributed by atoms with E-state index in [2.05, 4.69) is 32.6 Å². The monoisotopic (exact) mass is 286 g/mol. The highest BCUT2D eigenvalue weighted by Crippen LogP contribution is 2.23. The molecule has 3 heterocycles. The van der Waals surface area contributed by atoms with E-state index in [0.29, 0.717) is 5.82 Å². The summed E-state index contributed by atoms with van der Waals surface area (Å²) in [6, 6.07) is 3.80. The van der Waals surface area contributed by atoms with E-state index in [-0.39, 0.29) is 5.92 Å². The minimum Gasteiger partial charge on any atom is -0.368 e. The van der Waals surface area contributed by atoms with Gasteiger partial charge in [-0.15, -0.1) is 14.8 Å². The molecule has 7 nitrogen and oxygen atoms in total. The zero-order valence-corrected chi connectivity index (χ0v) is 12.6. The highest BCUT2D eigenvalue weighted by atomic mass is 16.5. The van der Waals surface area contributed by atoms with Gasteiger partial charge in [0.1, 0.15) is 17.4 Å². The van der Waals surface area contributed by atoms with Gasteiger partial charge in [0.05, 0.1) is 5.69 Å². The molecule has 0 saturated carbocycles. The third kappa shape index (κ3) is 2.58. The first-order chi connectivity index (χ1) is 10.0. The second kappa shape index (κ2) is 5.16. The summed E-state index contributed by atoms with van der Waals surface area (Å²) < 4.78 is 6.75. The molecule has 0 aliphatic rings. The molecule has 3 rings (SSSR count). The second-order valence-corrected chi connectivity index (χ2v) is 5.25. The molecule has 0 saturated heterocycles. The maximum absolute atomic E-state index is 5.21. The standard InChI is InChI=1S/C14H18N6O/c1-8(14-9(2)19-21-10(14)3)7-15-12-5-6-13-16-11(4)17-20(13)18-12/h5-6,8H,7H2,1-4H3,(H,15,18). The molecule has 21 heavy (non-hydrogen) atoms. The van der Waals surface area contributed by atoms with Crippen molar-refractivity contribution < 1.29 is 4.52 Å². The maximum Gasteiger partial charge on any atom is 0.176 e. The average Bonchev–Trinajstić information content (AvgIpc) is 2.97. The maximum atomic E-state index is 5.21. The third-order valence-corrected chi connectivity index (χ3v) is 3.48. The molecular weight excluding hydrogens is 268 g/mol. The Labute approximate surface area is 122 Å². The Kier molecular flexibility index (Phi) is 3.32. The predicted molar refractivity (Wildman–Crippen MR) is 78.4 cm³/mol. The number of nitrogens with one attached hydrogen (secondary N) is 1. The van der Waals surface area contributed by atoms with Gasteiger partial charge in [-0.25, -0.2) is 4.98 Å². The van der Waals surface area contributed by atoms with Crippen molar-refractivity contribution in [3.05, 3.63) is 35.0 Å². The van der Waals surface area contributed by atoms with Gasteiger partial charge in [-0.3, -0.25) is 0 Å². The molecule has 1 atom stereocenters. The van der Waals surface area contributed by atoms with Gasteiger partial charge in [0.2, 0.25) is 0 Å². The van der Waals surface area contributed by atoms with Gasteiger partial charge in [-0.05, 0) is 32.9 Å². The Bertz CT molecular complexity index is 755. The normalized spacial score (nSPS) is 12.8. The van der Waals surface area contributed by atoms with Crippen molar-refractivity contribution in [2.75, 3.05) is 11.9 Å². The minimum absolute atomic E-state index is 0.284. The van der Waals surface area contributed by atoms with Crippen molar-refractivity contribution in [3.63, 3.8) is 0 Å². The fourth-order valence-electron chi connectivity index (χ4n) is 2.54. The molecule has 0 aliphatic carbocycles. The number of hydrogen-bond acceptors (Lipinski definition) is 6. The molecule has 0 fully saturated rings. The van der Waals surface area contributed by atoms with Crippen LogP contribution < -0.4 is 5.32 Å². The van der Waals surface area contributed by atoms with Crippen LogP contribution in [0.4, 0.5) is 5.82 Å². The van der Waals surface area contributed by atoms with Gasteiger partial charge in [0, 0.05) is 18.0 Å². The number of nitrogens with zero attached hydrogens (tertiary/aromatic N) is 5. The highest BCUT2D eigenvalue weighted by molar-refractivity contribution is 5.43. The fourth-order valence-corrected chi connectivity index (χ4v) is 2.54. The van der Waals surface area contributed by atoms with Crippen LogP contribution in [0.25, 0.3) is 5.65 Å². The molecule has 3 aromatic heterocycles. The quantitative estimate of drug-likeness (QED) is 0.792. The molecule has 7 heteroatoms. The van der Waals surface area contributed by atoms with Crippen LogP contribution >= 0.6 is 0 Å². The molecule has 0 aromatic carbocycles. The number of hydrogen-bond donors (Lipinski definition) is 1. The molecule has 0 amide bonds. The molecule has 0 radical (unpaired) electrons. The van der Waals surface area contributed by atoms with Gasteiger partial charge in [0.25, 0.3) is 0 Å². The Hall–Kier alpha value is -2.44. The molecule has 3 aromatic rings. The van der Waals surface area contributed by atoms with Gasteiger partial charge in [-0.2, -0.15) is 0 Å². The lowest BCUT2D eigenvalue weighted by Gasteiger charge is -2.12. The molecule has 110 valence electrons. The van der Waals surface area contributed by atoms with E-state index in [1.54, 1.807) is 0 Å². The van der Waals surface area contributed by atoms with Crippen LogP contribution in [0.2, 0.25) is 0 Å². The van der Waals surface area contributed by atoms with Crippen molar-refractivity contribution in [3.8, 4) is 0 Å². The molecular formula is C14H18N6O. The van der Waals surface area contributed by atoms with Crippen LogP contribution in [0.1, 0.15) is 35.7 Å². The van der Waals surface area contributed by atoms with E-state index in [4.69, 9.17) is 4.52 Å². The zero-order chi connectivity index (χ0) is 15.0. The van der Waals surface area contributed by atoms with E-state index >= 15 is 0 Å². The first-order valence-electron chi connectivity index (χ1n) is 6.92. The second-order valence-electron chi connectivity index (χ2n) is 5.25. The van der Waals surface area contributed by atoms with Crippen LogP contribution in [0, 0.1) is 20.8 Å². The first-order valence-corrected chi connectivity index (χ1v) is 6.92. The molecule has 1 unspecified atom stereocenters. The first kappa shape index (κ1) is 13.5. The van der Waals surface area contributed by atoms with Gasteiger partial charge in [-0.1, -0.05) is 12.1 Å². The van der Waals surface area contributed by atoms with Gasteiger partial charge >= 0.3 is 0 Å². The SMILES string of the molecule is Cc1nc2ccc(NCC(C)c3c(C)noc3C)nn2n1. The van der Waals surface area contributed by atoms with Crippen LogP contribution in [0.5, 0.6) is 0 Å². The molecule has 0 aliphatic heterocycles. The number of rotatable bonds is 4. The summed E-state index contributed by atoms with van der Waals surface area (Å²) in [6.45, 7) is 8.63. The molecule has 0 spiro atoms. The number of fused-ring (bicyclic) bond motifs is 1. The lowest BCUT2D eigenvalue weighted by Crippen LogP contribution is -2.13. The van der Waals surface area contributed by atoms with Crippen molar-refractivity contribution in [2.45, 2.75) is 33.6 Å². The molecule has 1 N–H and O–H groups in total. The van der Waals surface area contributed by atoms with E-state index in [0.717, 1.165) is 35.0 Å². The van der Waals surface area contributed by atoms with Crippen LogP contribution in [-0.2, 0) is 0 Å². The lowest BCUT2D eigenvalue weighted by atomic mass is 10.00. The highest BCUT2D eigenvalue weighted by Gasteiger charge is 2.16. The van der Waals surface area contributed by atoms with Crippen molar-refractivity contribution >= 4 is 11.5 Å². The lowest BCUT2D eigenvalue weighted by molar-refractivity contribution is 0.391. The number of anilines is 1. The van der Waals surface area contributed by atoms with Crippen LogP contribution in [0.3, 0.4) is 0 Å². The summed E-state index contributed by atoms with van der Waals surface area (Å²) in [5, 5.41) is 15.9. The number of aryl methyl sites for hydroxylation is 3. The topological polar surface area (TPSA) is 81.1 Å². The van der Waals surface area contributed by atoms with Crippen LogP contribution in [-0.4, -0.2) is 31.5 Å². The average molecular weight is 286 g/mol. The third-order valence-electron chi connectivity index (χ3n) is 3.48. The van der Waals surface area contributed by atoms with Gasteiger partial charge in [0.15, 0.2) is 5.65 Å². The van der Waals surface area contributed by atoms with E-state index in [1.165, 1.54) is 4.63 Å².